The van der Waals surface area contributed by atoms with Gasteiger partial charge in [0.2, 0.25) is 0 Å². The van der Waals surface area contributed by atoms with Crippen LogP contribution in [0.15, 0.2) is 48.5 Å². The molecule has 0 bridgehead atoms. The molecule has 6 heteroatoms. The number of amides is 1. The molecule has 0 aliphatic carbocycles. The second kappa shape index (κ2) is 8.01. The van der Waals surface area contributed by atoms with Crippen LogP contribution in [0.4, 0.5) is 0 Å². The van der Waals surface area contributed by atoms with Crippen molar-refractivity contribution in [1.82, 2.24) is 5.32 Å². The first kappa shape index (κ1) is 17.3. The van der Waals surface area contributed by atoms with Crippen LogP contribution >= 0.6 is 0 Å². The normalized spacial score (nSPS) is 11.3. The van der Waals surface area contributed by atoms with Crippen LogP contribution in [0.1, 0.15) is 22.0 Å². The van der Waals surface area contributed by atoms with Crippen LogP contribution < -0.4 is 14.8 Å². The first-order valence-corrected chi connectivity index (χ1v) is 7.25. The number of hydrogen-bond acceptors (Lipinski definition) is 5. The van der Waals surface area contributed by atoms with Crippen molar-refractivity contribution in [3.8, 4) is 11.5 Å². The Hall–Kier alpha value is -3.02. The molecule has 2 rings (SSSR count). The Morgan fingerprint density at radius 2 is 1.50 bits per heavy atom. The molecule has 1 atom stereocenters. The lowest BCUT2D eigenvalue weighted by molar-refractivity contribution is -0.143. The number of benzene rings is 2. The van der Waals surface area contributed by atoms with E-state index in [-0.39, 0.29) is 0 Å². The molecule has 0 aromatic heterocycles. The van der Waals surface area contributed by atoms with E-state index in [1.807, 2.05) is 6.07 Å². The lowest BCUT2D eigenvalue weighted by Crippen LogP contribution is -2.34. The highest BCUT2D eigenvalue weighted by molar-refractivity contribution is 5.97. The molecule has 24 heavy (non-hydrogen) atoms. The molecule has 0 spiro atoms. The van der Waals surface area contributed by atoms with E-state index < -0.39 is 17.9 Å². The molecule has 2 aromatic rings. The van der Waals surface area contributed by atoms with Crippen LogP contribution in [-0.2, 0) is 9.53 Å². The summed E-state index contributed by atoms with van der Waals surface area (Å²) in [7, 11) is 4.27. The predicted octanol–water partition coefficient (Wildman–Crippen LogP) is 2.35. The van der Waals surface area contributed by atoms with Gasteiger partial charge in [-0.3, -0.25) is 4.79 Å². The fraction of sp³-hybridized carbons (Fsp3) is 0.222. The summed E-state index contributed by atoms with van der Waals surface area (Å²) in [6, 6.07) is 12.8. The van der Waals surface area contributed by atoms with Gasteiger partial charge in [0.15, 0.2) is 6.04 Å². The van der Waals surface area contributed by atoms with Crippen molar-refractivity contribution in [2.24, 2.45) is 0 Å². The molecule has 126 valence electrons. The summed E-state index contributed by atoms with van der Waals surface area (Å²) in [5.74, 6) is -0.0291. The minimum atomic E-state index is -0.902. The summed E-state index contributed by atoms with van der Waals surface area (Å²) in [5.41, 5.74) is 0.948. The van der Waals surface area contributed by atoms with E-state index in [4.69, 9.17) is 14.2 Å². The minimum Gasteiger partial charge on any atom is -0.497 e. The zero-order valence-electron chi connectivity index (χ0n) is 13.7. The number of esters is 1. The third-order valence-electron chi connectivity index (χ3n) is 3.46. The van der Waals surface area contributed by atoms with Crippen molar-refractivity contribution in [2.45, 2.75) is 6.04 Å². The van der Waals surface area contributed by atoms with Gasteiger partial charge in [-0.05, 0) is 17.7 Å². The Balaban J connectivity index is 2.29. The Bertz CT molecular complexity index is 692. The highest BCUT2D eigenvalue weighted by Gasteiger charge is 2.24. The molecular weight excluding hydrogens is 310 g/mol. The Morgan fingerprint density at radius 1 is 0.917 bits per heavy atom. The summed E-state index contributed by atoms with van der Waals surface area (Å²) >= 11 is 0. The van der Waals surface area contributed by atoms with Crippen molar-refractivity contribution in [1.29, 1.82) is 0 Å². The second-order valence-electron chi connectivity index (χ2n) is 4.94. The molecule has 0 saturated carbocycles. The molecule has 0 aliphatic rings. The Kier molecular flexibility index (Phi) is 5.78. The largest absolute Gasteiger partial charge is 0.497 e. The van der Waals surface area contributed by atoms with E-state index in [2.05, 4.69) is 5.32 Å². The molecule has 0 saturated heterocycles. The second-order valence-corrected chi connectivity index (χ2v) is 4.94. The van der Waals surface area contributed by atoms with Crippen molar-refractivity contribution in [3.05, 3.63) is 59.7 Å². The smallest absolute Gasteiger partial charge is 0.333 e. The molecule has 6 nitrogen and oxygen atoms in total. The van der Waals surface area contributed by atoms with Gasteiger partial charge >= 0.3 is 5.97 Å². The van der Waals surface area contributed by atoms with Gasteiger partial charge in [-0.2, -0.15) is 0 Å². The molecule has 2 aromatic carbocycles. The Labute approximate surface area is 140 Å². The average molecular weight is 329 g/mol. The van der Waals surface area contributed by atoms with E-state index in [1.54, 1.807) is 42.5 Å². The quantitative estimate of drug-likeness (QED) is 0.824. The summed E-state index contributed by atoms with van der Waals surface area (Å²) in [4.78, 5) is 24.6. The van der Waals surface area contributed by atoms with E-state index in [9.17, 15) is 9.59 Å². The third kappa shape index (κ3) is 4.04. The highest BCUT2D eigenvalue weighted by atomic mass is 16.5. The van der Waals surface area contributed by atoms with Crippen molar-refractivity contribution >= 4 is 11.9 Å². The standard InChI is InChI=1S/C18H19NO5/c1-22-14-9-13(10-15(11-14)23-2)17(20)19-16(18(21)24-3)12-7-5-4-6-8-12/h4-11,16H,1-3H3,(H,19,20)/t16-/m0/s1. The summed E-state index contributed by atoms with van der Waals surface area (Å²) in [6.45, 7) is 0. The number of carbonyl (C=O) groups excluding carboxylic acids is 2. The van der Waals surface area contributed by atoms with Crippen LogP contribution in [0, 0.1) is 0 Å². The van der Waals surface area contributed by atoms with Gasteiger partial charge in [0, 0.05) is 11.6 Å². The Morgan fingerprint density at radius 3 is 2.00 bits per heavy atom. The van der Waals surface area contributed by atoms with Crippen molar-refractivity contribution in [2.75, 3.05) is 21.3 Å². The molecular formula is C18H19NO5. The van der Waals surface area contributed by atoms with E-state index >= 15 is 0 Å². The van der Waals surface area contributed by atoms with E-state index in [0.29, 0.717) is 22.6 Å². The third-order valence-corrected chi connectivity index (χ3v) is 3.46. The highest BCUT2D eigenvalue weighted by Crippen LogP contribution is 2.23. The van der Waals surface area contributed by atoms with Gasteiger partial charge in [-0.25, -0.2) is 4.79 Å². The van der Waals surface area contributed by atoms with Crippen LogP contribution in [0.5, 0.6) is 11.5 Å². The SMILES string of the molecule is COC(=O)[C@@H](NC(=O)c1cc(OC)cc(OC)c1)c1ccccc1. The van der Waals surface area contributed by atoms with Crippen molar-refractivity contribution < 1.29 is 23.8 Å². The molecule has 1 amide bonds. The van der Waals surface area contributed by atoms with Gasteiger partial charge in [0.25, 0.3) is 5.91 Å². The lowest BCUT2D eigenvalue weighted by atomic mass is 10.1. The van der Waals surface area contributed by atoms with Gasteiger partial charge < -0.3 is 19.5 Å². The molecule has 0 fully saturated rings. The number of rotatable bonds is 6. The van der Waals surface area contributed by atoms with Crippen LogP contribution in [-0.4, -0.2) is 33.2 Å². The monoisotopic (exact) mass is 329 g/mol. The number of carbonyl (C=O) groups is 2. The maximum absolute atomic E-state index is 12.6. The van der Waals surface area contributed by atoms with Crippen LogP contribution in [0.3, 0.4) is 0 Å². The van der Waals surface area contributed by atoms with Crippen molar-refractivity contribution in [3.63, 3.8) is 0 Å². The minimum absolute atomic E-state index is 0.316. The van der Waals surface area contributed by atoms with Gasteiger partial charge in [-0.1, -0.05) is 30.3 Å². The maximum atomic E-state index is 12.6. The van der Waals surface area contributed by atoms with Gasteiger partial charge in [0.05, 0.1) is 21.3 Å². The molecule has 0 aliphatic heterocycles. The van der Waals surface area contributed by atoms with Gasteiger partial charge in [-0.15, -0.1) is 0 Å². The zero-order chi connectivity index (χ0) is 17.5. The number of ether oxygens (including phenoxy) is 3. The molecule has 0 radical (unpaired) electrons. The maximum Gasteiger partial charge on any atom is 0.333 e. The predicted molar refractivity (Wildman–Crippen MR) is 88.2 cm³/mol. The molecule has 0 unspecified atom stereocenters. The molecule has 1 N–H and O–H groups in total. The number of methoxy groups -OCH3 is 3. The summed E-state index contributed by atoms with van der Waals surface area (Å²) in [5, 5.41) is 2.68. The fourth-order valence-electron chi connectivity index (χ4n) is 2.19. The topological polar surface area (TPSA) is 73.9 Å². The van der Waals surface area contributed by atoms with E-state index in [1.165, 1.54) is 21.3 Å². The van der Waals surface area contributed by atoms with Crippen LogP contribution in [0.25, 0.3) is 0 Å². The summed E-state index contributed by atoms with van der Waals surface area (Å²) in [6.07, 6.45) is 0. The average Bonchev–Trinajstić information content (AvgIpc) is 2.65. The number of nitrogens with one attached hydrogen (secondary N) is 1. The zero-order valence-corrected chi connectivity index (χ0v) is 13.7. The first-order chi connectivity index (χ1) is 11.6. The number of hydrogen-bond donors (Lipinski definition) is 1. The molecule has 0 heterocycles. The lowest BCUT2D eigenvalue weighted by Gasteiger charge is -2.17. The van der Waals surface area contributed by atoms with Crippen LogP contribution in [0.2, 0.25) is 0 Å². The first-order valence-electron chi connectivity index (χ1n) is 7.25. The van der Waals surface area contributed by atoms with E-state index in [0.717, 1.165) is 0 Å². The fourth-order valence-corrected chi connectivity index (χ4v) is 2.19. The van der Waals surface area contributed by atoms with Gasteiger partial charge in [0.1, 0.15) is 11.5 Å². The summed E-state index contributed by atoms with van der Waals surface area (Å²) < 4.78 is 15.1.